The summed E-state index contributed by atoms with van der Waals surface area (Å²) in [6, 6.07) is 0.649. The molecule has 0 spiro atoms. The Labute approximate surface area is 148 Å². The van der Waals surface area contributed by atoms with Crippen molar-refractivity contribution in [3.8, 4) is 0 Å². The summed E-state index contributed by atoms with van der Waals surface area (Å²) in [4.78, 5) is 12.0. The summed E-state index contributed by atoms with van der Waals surface area (Å²) in [7, 11) is 2.14. The summed E-state index contributed by atoms with van der Waals surface area (Å²) in [5.41, 5.74) is 1.02. The van der Waals surface area contributed by atoms with Crippen LogP contribution in [0.4, 0.5) is 0 Å². The number of carbonyl (C=O) groups excluding carboxylic acids is 1. The van der Waals surface area contributed by atoms with Crippen LogP contribution in [0.2, 0.25) is 0 Å². The van der Waals surface area contributed by atoms with Crippen LogP contribution in [-0.2, 0) is 4.79 Å². The fraction of sp³-hybridized carbons (Fsp3) is 0.955. The van der Waals surface area contributed by atoms with Crippen molar-refractivity contribution in [2.45, 2.75) is 84.6 Å². The molecule has 4 saturated carbocycles. The Morgan fingerprint density at radius 1 is 1.00 bits per heavy atom. The molecule has 0 saturated heterocycles. The van der Waals surface area contributed by atoms with Gasteiger partial charge in [0.15, 0.2) is 0 Å². The van der Waals surface area contributed by atoms with E-state index in [-0.39, 0.29) is 0 Å². The van der Waals surface area contributed by atoms with Gasteiger partial charge in [0.05, 0.1) is 0 Å². The van der Waals surface area contributed by atoms with E-state index in [0.29, 0.717) is 28.6 Å². The van der Waals surface area contributed by atoms with E-state index < -0.39 is 0 Å². The van der Waals surface area contributed by atoms with Gasteiger partial charge in [0.25, 0.3) is 0 Å². The summed E-state index contributed by atoms with van der Waals surface area (Å²) in [5.74, 6) is 4.86. The zero-order valence-electron chi connectivity index (χ0n) is 16.2. The number of Topliss-reactive ketones (excluding diaryl/α,β-unsaturated/α-hetero) is 1. The number of ketones is 1. The van der Waals surface area contributed by atoms with Gasteiger partial charge in [0, 0.05) is 18.9 Å². The van der Waals surface area contributed by atoms with E-state index in [9.17, 15) is 4.79 Å². The first-order valence-electron chi connectivity index (χ1n) is 10.6. The number of fused-ring (bicyclic) bond motifs is 5. The Kier molecular flexibility index (Phi) is 4.14. The monoisotopic (exact) mass is 331 g/mol. The Morgan fingerprint density at radius 2 is 1.75 bits per heavy atom. The van der Waals surface area contributed by atoms with E-state index in [1.165, 1.54) is 44.9 Å². The van der Waals surface area contributed by atoms with Crippen molar-refractivity contribution >= 4 is 5.78 Å². The third-order valence-corrected chi connectivity index (χ3v) is 9.61. The number of carbonyl (C=O) groups is 1. The van der Waals surface area contributed by atoms with Gasteiger partial charge < -0.3 is 5.32 Å². The molecule has 4 fully saturated rings. The van der Waals surface area contributed by atoms with E-state index >= 15 is 0 Å². The lowest BCUT2D eigenvalue weighted by molar-refractivity contribution is -0.139. The van der Waals surface area contributed by atoms with Crippen molar-refractivity contribution in [1.82, 2.24) is 5.32 Å². The topological polar surface area (TPSA) is 29.1 Å². The molecule has 4 aliphatic rings. The fourth-order valence-corrected chi connectivity index (χ4v) is 8.11. The predicted molar refractivity (Wildman–Crippen MR) is 98.7 cm³/mol. The number of hydrogen-bond acceptors (Lipinski definition) is 2. The highest BCUT2D eigenvalue weighted by atomic mass is 16.1. The van der Waals surface area contributed by atoms with Crippen LogP contribution < -0.4 is 5.32 Å². The molecular weight excluding hydrogens is 294 g/mol. The second-order valence-corrected chi connectivity index (χ2v) is 10.2. The molecule has 2 nitrogen and oxygen atoms in total. The smallest absolute Gasteiger partial charge is 0.133 e. The van der Waals surface area contributed by atoms with Crippen molar-refractivity contribution in [2.24, 2.45) is 40.4 Å². The minimum atomic E-state index is 0.463. The van der Waals surface area contributed by atoms with Crippen LogP contribution in [0, 0.1) is 40.4 Å². The van der Waals surface area contributed by atoms with Gasteiger partial charge in [-0.3, -0.25) is 4.79 Å². The summed E-state index contributed by atoms with van der Waals surface area (Å²) in [5, 5.41) is 3.56. The molecular formula is C22H37NO. The first-order chi connectivity index (χ1) is 11.4. The van der Waals surface area contributed by atoms with Crippen LogP contribution in [0.25, 0.3) is 0 Å². The van der Waals surface area contributed by atoms with E-state index in [2.05, 4.69) is 33.1 Å². The molecule has 0 aromatic rings. The number of rotatable bonds is 2. The molecule has 8 atom stereocenters. The maximum absolute atomic E-state index is 12.0. The quantitative estimate of drug-likeness (QED) is 0.786. The fourth-order valence-electron chi connectivity index (χ4n) is 8.11. The van der Waals surface area contributed by atoms with E-state index in [1.807, 2.05) is 0 Å². The molecule has 24 heavy (non-hydrogen) atoms. The minimum absolute atomic E-state index is 0.463. The lowest BCUT2D eigenvalue weighted by atomic mass is 9.44. The second kappa shape index (κ2) is 5.83. The maximum atomic E-state index is 12.0. The van der Waals surface area contributed by atoms with E-state index in [4.69, 9.17) is 0 Å². The van der Waals surface area contributed by atoms with Gasteiger partial charge >= 0.3 is 0 Å². The first kappa shape index (κ1) is 17.1. The van der Waals surface area contributed by atoms with E-state index in [1.54, 1.807) is 0 Å². The van der Waals surface area contributed by atoms with Crippen LogP contribution >= 0.6 is 0 Å². The van der Waals surface area contributed by atoms with Crippen molar-refractivity contribution in [3.05, 3.63) is 0 Å². The Morgan fingerprint density at radius 3 is 2.50 bits per heavy atom. The molecule has 4 aliphatic carbocycles. The molecule has 0 amide bonds. The van der Waals surface area contributed by atoms with Crippen molar-refractivity contribution in [1.29, 1.82) is 0 Å². The van der Waals surface area contributed by atoms with Crippen molar-refractivity contribution in [3.63, 3.8) is 0 Å². The van der Waals surface area contributed by atoms with Gasteiger partial charge in [-0.05, 0) is 99.3 Å². The molecule has 2 heteroatoms. The summed E-state index contributed by atoms with van der Waals surface area (Å²) in [6.45, 7) is 7.58. The molecule has 0 aliphatic heterocycles. The van der Waals surface area contributed by atoms with Gasteiger partial charge in [-0.1, -0.05) is 13.8 Å². The lowest BCUT2D eigenvalue weighted by Gasteiger charge is -2.60. The van der Waals surface area contributed by atoms with Gasteiger partial charge in [0.2, 0.25) is 0 Å². The van der Waals surface area contributed by atoms with Gasteiger partial charge in [-0.2, -0.15) is 0 Å². The Balaban J connectivity index is 1.60. The van der Waals surface area contributed by atoms with Crippen molar-refractivity contribution in [2.75, 3.05) is 7.05 Å². The largest absolute Gasteiger partial charge is 0.317 e. The molecule has 0 bridgehead atoms. The predicted octanol–water partition coefficient (Wildman–Crippen LogP) is 4.82. The third-order valence-electron chi connectivity index (χ3n) is 9.61. The highest BCUT2D eigenvalue weighted by molar-refractivity contribution is 5.79. The van der Waals surface area contributed by atoms with Crippen LogP contribution in [0.5, 0.6) is 0 Å². The van der Waals surface area contributed by atoms with Gasteiger partial charge in [-0.15, -0.1) is 0 Å². The standard InChI is InChI=1S/C22H37NO/c1-14(23-4)18-7-8-19-17-6-5-15-13-16(24)9-11-21(15,2)20(17)10-12-22(18,19)3/h14-15,17-20,23H,5-13H2,1-4H3/t14-,15+,17+,18-,19+,20+,21-,22-/m1/s1. The minimum Gasteiger partial charge on any atom is -0.317 e. The summed E-state index contributed by atoms with van der Waals surface area (Å²) in [6.07, 6.45) is 11.4. The van der Waals surface area contributed by atoms with Crippen LogP contribution in [0.15, 0.2) is 0 Å². The highest BCUT2D eigenvalue weighted by Crippen LogP contribution is 2.67. The molecule has 1 N–H and O–H groups in total. The molecule has 0 aromatic heterocycles. The summed E-state index contributed by atoms with van der Waals surface area (Å²) < 4.78 is 0. The molecule has 0 heterocycles. The molecule has 136 valence electrons. The van der Waals surface area contributed by atoms with E-state index in [0.717, 1.165) is 36.5 Å². The average molecular weight is 332 g/mol. The van der Waals surface area contributed by atoms with Gasteiger partial charge in [-0.25, -0.2) is 0 Å². The molecule has 0 aromatic carbocycles. The summed E-state index contributed by atoms with van der Waals surface area (Å²) >= 11 is 0. The highest BCUT2D eigenvalue weighted by Gasteiger charge is 2.60. The third kappa shape index (κ3) is 2.27. The SMILES string of the molecule is CN[C@H](C)[C@H]1CC[C@H]2[C@@H]3CC[C@H]4CC(=O)CC[C@@]4(C)[C@H]3CC[C@]12C. The Hall–Kier alpha value is -0.370. The molecule has 0 unspecified atom stereocenters. The van der Waals surface area contributed by atoms with Crippen LogP contribution in [0.3, 0.4) is 0 Å². The zero-order valence-corrected chi connectivity index (χ0v) is 16.2. The normalized spacial score (nSPS) is 52.3. The average Bonchev–Trinajstić information content (AvgIpc) is 2.92. The van der Waals surface area contributed by atoms with Crippen molar-refractivity contribution < 1.29 is 4.79 Å². The van der Waals surface area contributed by atoms with Crippen LogP contribution in [0.1, 0.15) is 78.6 Å². The molecule has 4 rings (SSSR count). The number of hydrogen-bond donors (Lipinski definition) is 1. The lowest BCUT2D eigenvalue weighted by Crippen LogP contribution is -2.54. The Bertz CT molecular complexity index is 516. The van der Waals surface area contributed by atoms with Crippen LogP contribution in [-0.4, -0.2) is 18.9 Å². The number of nitrogens with one attached hydrogen (secondary N) is 1. The van der Waals surface area contributed by atoms with Gasteiger partial charge in [0.1, 0.15) is 5.78 Å². The first-order valence-corrected chi connectivity index (χ1v) is 10.6. The molecule has 0 radical (unpaired) electrons. The maximum Gasteiger partial charge on any atom is 0.133 e. The zero-order chi connectivity index (χ0) is 17.1. The second-order valence-electron chi connectivity index (χ2n) is 10.2.